The first-order chi connectivity index (χ1) is 14.9. The van der Waals surface area contributed by atoms with E-state index in [-0.39, 0.29) is 11.7 Å². The number of hydrogen-bond donors (Lipinski definition) is 1. The average Bonchev–Trinajstić information content (AvgIpc) is 3.22. The van der Waals surface area contributed by atoms with Gasteiger partial charge in [0.05, 0.1) is 34.0 Å². The third-order valence-corrected chi connectivity index (χ3v) is 5.46. The van der Waals surface area contributed by atoms with Crippen LogP contribution in [0.25, 0.3) is 11.4 Å². The second kappa shape index (κ2) is 8.18. The maximum Gasteiger partial charge on any atom is 0.255 e. The fourth-order valence-electron chi connectivity index (χ4n) is 3.81. The molecule has 4 rings (SSSR count). The zero-order valence-electron chi connectivity index (χ0n) is 18.0. The van der Waals surface area contributed by atoms with E-state index >= 15 is 0 Å². The smallest absolute Gasteiger partial charge is 0.255 e. The molecule has 0 bridgehead atoms. The molecule has 0 aliphatic heterocycles. The Bertz CT molecular complexity index is 1240. The summed E-state index contributed by atoms with van der Waals surface area (Å²) in [6, 6.07) is 15.9. The summed E-state index contributed by atoms with van der Waals surface area (Å²) in [5.74, 6) is -0.514. The van der Waals surface area contributed by atoms with Crippen LogP contribution in [0, 0.1) is 33.5 Å². The first-order valence-corrected chi connectivity index (χ1v) is 10.1. The van der Waals surface area contributed by atoms with Gasteiger partial charge in [-0.05, 0) is 64.1 Å². The number of para-hydroxylation sites is 1. The molecule has 1 amide bonds. The molecule has 2 heterocycles. The quantitative estimate of drug-likeness (QED) is 0.525. The van der Waals surface area contributed by atoms with Gasteiger partial charge in [-0.25, -0.2) is 13.8 Å². The molecular formula is C24H24FN5O. The normalized spacial score (nSPS) is 11.0. The number of rotatable bonds is 5. The molecule has 0 saturated carbocycles. The summed E-state index contributed by atoms with van der Waals surface area (Å²) in [5, 5.41) is 12.1. The van der Waals surface area contributed by atoms with Crippen molar-refractivity contribution >= 4 is 5.91 Å². The van der Waals surface area contributed by atoms with Gasteiger partial charge in [-0.15, -0.1) is 0 Å². The molecule has 0 unspecified atom stereocenters. The highest BCUT2D eigenvalue weighted by Gasteiger charge is 2.21. The minimum atomic E-state index is -0.315. The second-order valence-electron chi connectivity index (χ2n) is 7.51. The van der Waals surface area contributed by atoms with Crippen molar-refractivity contribution in [2.75, 3.05) is 0 Å². The highest BCUT2D eigenvalue weighted by atomic mass is 19.1. The van der Waals surface area contributed by atoms with Gasteiger partial charge in [0.2, 0.25) is 0 Å². The van der Waals surface area contributed by atoms with E-state index in [2.05, 4.69) is 15.5 Å². The maximum absolute atomic E-state index is 13.3. The molecule has 7 heteroatoms. The van der Waals surface area contributed by atoms with Gasteiger partial charge in [-0.2, -0.15) is 10.2 Å². The molecule has 2 aromatic carbocycles. The van der Waals surface area contributed by atoms with Gasteiger partial charge in [0, 0.05) is 17.8 Å². The van der Waals surface area contributed by atoms with Crippen LogP contribution in [-0.4, -0.2) is 25.5 Å². The third kappa shape index (κ3) is 3.86. The number of carbonyl (C=O) groups excluding carboxylic acids is 1. The molecular weight excluding hydrogens is 393 g/mol. The number of nitrogens with zero attached hydrogens (tertiary/aromatic N) is 4. The van der Waals surface area contributed by atoms with Crippen molar-refractivity contribution < 1.29 is 9.18 Å². The fourth-order valence-corrected chi connectivity index (χ4v) is 3.81. The van der Waals surface area contributed by atoms with Crippen LogP contribution in [0.5, 0.6) is 0 Å². The fraction of sp³-hybridized carbons (Fsp3) is 0.208. The molecule has 0 spiro atoms. The molecule has 6 nitrogen and oxygen atoms in total. The standard InChI is InChI=1S/C24H24FN5O/c1-15-22(17(3)29(27-15)20-8-6-5-7-9-20)14-26-24(31)23-16(2)28-30(18(23)4)21-12-10-19(25)11-13-21/h5-13H,14H2,1-4H3,(H,26,31). The molecule has 0 atom stereocenters. The number of halogens is 1. The highest BCUT2D eigenvalue weighted by Crippen LogP contribution is 2.20. The lowest BCUT2D eigenvalue weighted by Gasteiger charge is -2.08. The molecule has 4 aromatic rings. The SMILES string of the molecule is Cc1nn(-c2ccccc2)c(C)c1CNC(=O)c1c(C)nn(-c2ccc(F)cc2)c1C. The van der Waals surface area contributed by atoms with Crippen molar-refractivity contribution in [3.63, 3.8) is 0 Å². The molecule has 0 fully saturated rings. The van der Waals surface area contributed by atoms with Crippen LogP contribution >= 0.6 is 0 Å². The Hall–Kier alpha value is -3.74. The molecule has 0 aliphatic carbocycles. The Kier molecular flexibility index (Phi) is 5.42. The van der Waals surface area contributed by atoms with E-state index in [1.165, 1.54) is 12.1 Å². The van der Waals surface area contributed by atoms with Crippen LogP contribution in [0.15, 0.2) is 54.6 Å². The van der Waals surface area contributed by atoms with E-state index in [0.717, 1.165) is 22.6 Å². The Morgan fingerprint density at radius 3 is 2.10 bits per heavy atom. The second-order valence-corrected chi connectivity index (χ2v) is 7.51. The minimum absolute atomic E-state index is 0.199. The number of carbonyl (C=O) groups is 1. The van der Waals surface area contributed by atoms with E-state index in [1.807, 2.05) is 55.8 Å². The molecule has 1 N–H and O–H groups in total. The van der Waals surface area contributed by atoms with E-state index in [0.29, 0.717) is 29.2 Å². The van der Waals surface area contributed by atoms with Crippen molar-refractivity contribution in [2.45, 2.75) is 34.2 Å². The molecule has 0 saturated heterocycles. The summed E-state index contributed by atoms with van der Waals surface area (Å²) in [6.45, 7) is 7.94. The van der Waals surface area contributed by atoms with Crippen LogP contribution in [0.4, 0.5) is 4.39 Å². The largest absolute Gasteiger partial charge is 0.348 e. The summed E-state index contributed by atoms with van der Waals surface area (Å²) in [6.07, 6.45) is 0. The van der Waals surface area contributed by atoms with Gasteiger partial charge in [-0.1, -0.05) is 18.2 Å². The van der Waals surface area contributed by atoms with Crippen molar-refractivity contribution in [3.8, 4) is 11.4 Å². The number of benzene rings is 2. The van der Waals surface area contributed by atoms with Gasteiger partial charge in [0.1, 0.15) is 5.82 Å². The van der Waals surface area contributed by atoms with Gasteiger partial charge in [0.15, 0.2) is 0 Å². The van der Waals surface area contributed by atoms with Crippen molar-refractivity contribution in [3.05, 3.63) is 94.3 Å². The Morgan fingerprint density at radius 2 is 1.42 bits per heavy atom. The first kappa shape index (κ1) is 20.5. The Balaban J connectivity index is 1.56. The molecule has 31 heavy (non-hydrogen) atoms. The van der Waals surface area contributed by atoms with Crippen molar-refractivity contribution in [1.82, 2.24) is 24.9 Å². The topological polar surface area (TPSA) is 64.7 Å². The van der Waals surface area contributed by atoms with Crippen LogP contribution in [0.3, 0.4) is 0 Å². The lowest BCUT2D eigenvalue weighted by molar-refractivity contribution is 0.0949. The Morgan fingerprint density at radius 1 is 0.839 bits per heavy atom. The van der Waals surface area contributed by atoms with Crippen LogP contribution in [0.1, 0.15) is 38.7 Å². The van der Waals surface area contributed by atoms with E-state index in [9.17, 15) is 9.18 Å². The maximum atomic E-state index is 13.3. The van der Waals surface area contributed by atoms with Gasteiger partial charge < -0.3 is 5.32 Å². The average molecular weight is 417 g/mol. The van der Waals surface area contributed by atoms with Gasteiger partial charge in [0.25, 0.3) is 5.91 Å². The van der Waals surface area contributed by atoms with Crippen LogP contribution in [0.2, 0.25) is 0 Å². The van der Waals surface area contributed by atoms with Gasteiger partial charge >= 0.3 is 0 Å². The van der Waals surface area contributed by atoms with Crippen LogP contribution in [-0.2, 0) is 6.54 Å². The van der Waals surface area contributed by atoms with Crippen molar-refractivity contribution in [2.24, 2.45) is 0 Å². The number of aryl methyl sites for hydroxylation is 2. The number of aromatic nitrogens is 4. The van der Waals surface area contributed by atoms with E-state index in [1.54, 1.807) is 23.7 Å². The minimum Gasteiger partial charge on any atom is -0.348 e. The Labute approximate surface area is 180 Å². The predicted molar refractivity (Wildman–Crippen MR) is 117 cm³/mol. The number of amides is 1. The summed E-state index contributed by atoms with van der Waals surface area (Å²) in [4.78, 5) is 13.0. The summed E-state index contributed by atoms with van der Waals surface area (Å²) >= 11 is 0. The van der Waals surface area contributed by atoms with E-state index in [4.69, 9.17) is 0 Å². The number of nitrogens with one attached hydrogen (secondary N) is 1. The van der Waals surface area contributed by atoms with E-state index < -0.39 is 0 Å². The lowest BCUT2D eigenvalue weighted by Crippen LogP contribution is -2.24. The first-order valence-electron chi connectivity index (χ1n) is 10.1. The molecule has 2 aromatic heterocycles. The summed E-state index contributed by atoms with van der Waals surface area (Å²) < 4.78 is 16.8. The predicted octanol–water partition coefficient (Wildman–Crippen LogP) is 4.36. The highest BCUT2D eigenvalue weighted by molar-refractivity contribution is 5.96. The zero-order chi connectivity index (χ0) is 22.1. The number of hydrogen-bond acceptors (Lipinski definition) is 3. The lowest BCUT2D eigenvalue weighted by atomic mass is 10.1. The molecule has 0 aliphatic rings. The van der Waals surface area contributed by atoms with Crippen LogP contribution < -0.4 is 5.32 Å². The molecule has 158 valence electrons. The summed E-state index contributed by atoms with van der Waals surface area (Å²) in [7, 11) is 0. The van der Waals surface area contributed by atoms with Crippen molar-refractivity contribution in [1.29, 1.82) is 0 Å². The monoisotopic (exact) mass is 417 g/mol. The zero-order valence-corrected chi connectivity index (χ0v) is 18.0. The third-order valence-electron chi connectivity index (χ3n) is 5.46. The van der Waals surface area contributed by atoms with Gasteiger partial charge in [-0.3, -0.25) is 4.79 Å². The summed E-state index contributed by atoms with van der Waals surface area (Å²) in [5.41, 5.74) is 6.37. The molecule has 0 radical (unpaired) electrons.